The Morgan fingerprint density at radius 3 is 2.75 bits per heavy atom. The summed E-state index contributed by atoms with van der Waals surface area (Å²) in [5, 5.41) is 3.20. The van der Waals surface area contributed by atoms with Crippen molar-refractivity contribution >= 4 is 31.9 Å². The first-order chi connectivity index (χ1) is 7.72. The summed E-state index contributed by atoms with van der Waals surface area (Å²) in [6.07, 6.45) is 5.24. The molecule has 1 unspecified atom stereocenters. The average molecular weight is 346 g/mol. The van der Waals surface area contributed by atoms with Crippen LogP contribution in [0.5, 0.6) is 0 Å². The number of rotatable bonds is 3. The molecule has 2 aromatic rings. The summed E-state index contributed by atoms with van der Waals surface area (Å²) in [7, 11) is 1.89. The molecule has 2 aromatic heterocycles. The maximum absolute atomic E-state index is 5.46. The summed E-state index contributed by atoms with van der Waals surface area (Å²) >= 11 is 6.87. The van der Waals surface area contributed by atoms with E-state index in [1.165, 1.54) is 0 Å². The SMILES string of the molecule is CNC(c1cncc(Br)c1)c1occc1Br. The minimum Gasteiger partial charge on any atom is -0.466 e. The minimum atomic E-state index is -0.00521. The van der Waals surface area contributed by atoms with Crippen molar-refractivity contribution in [2.75, 3.05) is 7.05 Å². The van der Waals surface area contributed by atoms with Gasteiger partial charge in [0.25, 0.3) is 0 Å². The highest BCUT2D eigenvalue weighted by Crippen LogP contribution is 2.29. The van der Waals surface area contributed by atoms with Crippen molar-refractivity contribution in [3.05, 3.63) is 51.1 Å². The molecule has 0 bridgehead atoms. The topological polar surface area (TPSA) is 38.1 Å². The summed E-state index contributed by atoms with van der Waals surface area (Å²) in [5.74, 6) is 0.849. The van der Waals surface area contributed by atoms with Crippen molar-refractivity contribution in [2.24, 2.45) is 0 Å². The van der Waals surface area contributed by atoms with E-state index in [2.05, 4.69) is 42.2 Å². The first-order valence-corrected chi connectivity index (χ1v) is 6.31. The van der Waals surface area contributed by atoms with Gasteiger partial charge in [0, 0.05) is 16.9 Å². The van der Waals surface area contributed by atoms with Crippen molar-refractivity contribution in [1.82, 2.24) is 10.3 Å². The number of nitrogens with zero attached hydrogens (tertiary/aromatic N) is 1. The van der Waals surface area contributed by atoms with Crippen molar-refractivity contribution in [2.45, 2.75) is 6.04 Å². The van der Waals surface area contributed by atoms with Gasteiger partial charge in [-0.3, -0.25) is 4.98 Å². The molecule has 0 spiro atoms. The van der Waals surface area contributed by atoms with Gasteiger partial charge in [-0.1, -0.05) is 0 Å². The Kier molecular flexibility index (Phi) is 3.78. The van der Waals surface area contributed by atoms with Crippen LogP contribution < -0.4 is 5.32 Å². The van der Waals surface area contributed by atoms with Crippen LogP contribution >= 0.6 is 31.9 Å². The highest BCUT2D eigenvalue weighted by Gasteiger charge is 2.18. The Labute approximate surface area is 111 Å². The average Bonchev–Trinajstić information content (AvgIpc) is 2.67. The molecule has 0 aromatic carbocycles. The lowest BCUT2D eigenvalue weighted by Crippen LogP contribution is -2.17. The fourth-order valence-corrected chi connectivity index (χ4v) is 2.36. The van der Waals surface area contributed by atoms with Gasteiger partial charge in [-0.25, -0.2) is 0 Å². The highest BCUT2D eigenvalue weighted by atomic mass is 79.9. The Hall–Kier alpha value is -0.650. The van der Waals surface area contributed by atoms with Gasteiger partial charge in [0.2, 0.25) is 0 Å². The normalized spacial score (nSPS) is 12.7. The van der Waals surface area contributed by atoms with E-state index >= 15 is 0 Å². The molecule has 84 valence electrons. The number of halogens is 2. The van der Waals surface area contributed by atoms with E-state index in [4.69, 9.17) is 4.42 Å². The molecule has 1 atom stereocenters. The Morgan fingerprint density at radius 2 is 2.19 bits per heavy atom. The van der Waals surface area contributed by atoms with Gasteiger partial charge in [0.05, 0.1) is 16.8 Å². The molecule has 2 heterocycles. The minimum absolute atomic E-state index is 0.00521. The number of furan rings is 1. The molecule has 16 heavy (non-hydrogen) atoms. The molecule has 0 fully saturated rings. The predicted octanol–water partition coefficient (Wildman–Crippen LogP) is 3.51. The molecule has 0 aliphatic heterocycles. The van der Waals surface area contributed by atoms with Crippen LogP contribution in [0.2, 0.25) is 0 Å². The largest absolute Gasteiger partial charge is 0.466 e. The van der Waals surface area contributed by atoms with Crippen molar-refractivity contribution in [3.63, 3.8) is 0 Å². The van der Waals surface area contributed by atoms with Crippen molar-refractivity contribution in [3.8, 4) is 0 Å². The molecular weight excluding hydrogens is 336 g/mol. The second-order valence-corrected chi connectivity index (χ2v) is 5.06. The number of hydrogen-bond acceptors (Lipinski definition) is 3. The third-order valence-corrected chi connectivity index (χ3v) is 3.34. The van der Waals surface area contributed by atoms with Crippen LogP contribution in [-0.2, 0) is 0 Å². The lowest BCUT2D eigenvalue weighted by atomic mass is 10.1. The van der Waals surface area contributed by atoms with E-state index in [9.17, 15) is 0 Å². The van der Waals surface area contributed by atoms with Crippen LogP contribution in [0.15, 0.2) is 44.2 Å². The fraction of sp³-hybridized carbons (Fsp3) is 0.182. The van der Waals surface area contributed by atoms with Gasteiger partial charge in [-0.2, -0.15) is 0 Å². The van der Waals surface area contributed by atoms with Crippen molar-refractivity contribution in [1.29, 1.82) is 0 Å². The van der Waals surface area contributed by atoms with E-state index in [0.29, 0.717) is 0 Å². The highest BCUT2D eigenvalue weighted by molar-refractivity contribution is 9.10. The van der Waals surface area contributed by atoms with Gasteiger partial charge in [0.1, 0.15) is 5.76 Å². The Bertz CT molecular complexity index is 484. The van der Waals surface area contributed by atoms with Crippen LogP contribution in [0.25, 0.3) is 0 Å². The third kappa shape index (κ3) is 2.36. The second kappa shape index (κ2) is 5.12. The van der Waals surface area contributed by atoms with E-state index in [0.717, 1.165) is 20.3 Å². The second-order valence-electron chi connectivity index (χ2n) is 3.29. The number of aromatic nitrogens is 1. The van der Waals surface area contributed by atoms with Gasteiger partial charge in [-0.15, -0.1) is 0 Å². The van der Waals surface area contributed by atoms with Gasteiger partial charge in [-0.05, 0) is 56.6 Å². The predicted molar refractivity (Wildman–Crippen MR) is 69.2 cm³/mol. The monoisotopic (exact) mass is 344 g/mol. The Morgan fingerprint density at radius 1 is 1.38 bits per heavy atom. The molecular formula is C11H10Br2N2O. The molecule has 1 N–H and O–H groups in total. The van der Waals surface area contributed by atoms with Crippen molar-refractivity contribution < 1.29 is 4.42 Å². The first-order valence-electron chi connectivity index (χ1n) is 4.73. The standard InChI is InChI=1S/C11H10Br2N2O/c1-14-10(11-9(13)2-3-16-11)7-4-8(12)6-15-5-7/h2-6,10,14H,1H3. The van der Waals surface area contributed by atoms with Crippen LogP contribution in [-0.4, -0.2) is 12.0 Å². The van der Waals surface area contributed by atoms with Crippen LogP contribution in [0.4, 0.5) is 0 Å². The summed E-state index contributed by atoms with van der Waals surface area (Å²) in [6, 6.07) is 3.89. The van der Waals surface area contributed by atoms with Gasteiger partial charge in [0.15, 0.2) is 0 Å². The summed E-state index contributed by atoms with van der Waals surface area (Å²) in [5.41, 5.74) is 1.05. The molecule has 0 amide bonds. The molecule has 0 saturated heterocycles. The Balaban J connectivity index is 2.40. The number of pyridine rings is 1. The molecule has 0 saturated carbocycles. The number of nitrogens with one attached hydrogen (secondary N) is 1. The molecule has 0 aliphatic carbocycles. The lowest BCUT2D eigenvalue weighted by Gasteiger charge is -2.14. The van der Waals surface area contributed by atoms with Crippen LogP contribution in [0.1, 0.15) is 17.4 Å². The molecule has 0 radical (unpaired) electrons. The zero-order valence-electron chi connectivity index (χ0n) is 8.58. The van der Waals surface area contributed by atoms with Crippen LogP contribution in [0, 0.1) is 0 Å². The summed E-state index contributed by atoms with van der Waals surface area (Å²) in [6.45, 7) is 0. The first kappa shape index (κ1) is 11.8. The van der Waals surface area contributed by atoms with Gasteiger partial charge >= 0.3 is 0 Å². The van der Waals surface area contributed by atoms with Crippen LogP contribution in [0.3, 0.4) is 0 Å². The smallest absolute Gasteiger partial charge is 0.139 e. The zero-order valence-corrected chi connectivity index (χ0v) is 11.7. The van der Waals surface area contributed by atoms with E-state index in [1.54, 1.807) is 12.5 Å². The van der Waals surface area contributed by atoms with E-state index in [-0.39, 0.29) is 6.04 Å². The summed E-state index contributed by atoms with van der Waals surface area (Å²) < 4.78 is 7.36. The van der Waals surface area contributed by atoms with Gasteiger partial charge < -0.3 is 9.73 Å². The van der Waals surface area contributed by atoms with E-state index in [1.807, 2.05) is 25.4 Å². The zero-order chi connectivity index (χ0) is 11.5. The third-order valence-electron chi connectivity index (χ3n) is 2.25. The summed E-state index contributed by atoms with van der Waals surface area (Å²) in [4.78, 5) is 4.15. The fourth-order valence-electron chi connectivity index (χ4n) is 1.55. The quantitative estimate of drug-likeness (QED) is 0.925. The molecule has 3 nitrogen and oxygen atoms in total. The molecule has 5 heteroatoms. The lowest BCUT2D eigenvalue weighted by molar-refractivity contribution is 0.460. The molecule has 2 rings (SSSR count). The molecule has 0 aliphatic rings. The maximum atomic E-state index is 5.46. The number of hydrogen-bond donors (Lipinski definition) is 1. The maximum Gasteiger partial charge on any atom is 0.139 e. The van der Waals surface area contributed by atoms with E-state index < -0.39 is 0 Å².